The van der Waals surface area contributed by atoms with E-state index >= 15 is 0 Å². The van der Waals surface area contributed by atoms with Crippen molar-refractivity contribution in [2.45, 2.75) is 33.7 Å². The zero-order chi connectivity index (χ0) is 21.4. The van der Waals surface area contributed by atoms with Crippen LogP contribution in [0.5, 0.6) is 0 Å². The first-order valence-corrected chi connectivity index (χ1v) is 11.3. The van der Waals surface area contributed by atoms with Crippen LogP contribution in [0.3, 0.4) is 0 Å². The molecule has 0 N–H and O–H groups in total. The van der Waals surface area contributed by atoms with E-state index in [1.165, 1.54) is 22.7 Å². The zero-order valence-corrected chi connectivity index (χ0v) is 18.8. The molecule has 0 amide bonds. The van der Waals surface area contributed by atoms with E-state index in [0.29, 0.717) is 33.0 Å². The second kappa shape index (κ2) is 8.20. The smallest absolute Gasteiger partial charge is 0.338 e. The topological polar surface area (TPSA) is 73.8 Å². The number of aromatic nitrogens is 1. The summed E-state index contributed by atoms with van der Waals surface area (Å²) in [5.74, 6) is 1.17. The number of esters is 1. The number of thiophene rings is 1. The molecule has 0 saturated carbocycles. The van der Waals surface area contributed by atoms with Crippen molar-refractivity contribution in [3.8, 4) is 0 Å². The Bertz CT molecular complexity index is 1290. The first-order valence-electron chi connectivity index (χ1n) is 9.64. The second-order valence-electron chi connectivity index (χ2n) is 7.54. The highest BCUT2D eigenvalue weighted by Gasteiger charge is 2.34. The maximum atomic E-state index is 13.3. The van der Waals surface area contributed by atoms with Gasteiger partial charge in [-0.2, -0.15) is 0 Å². The van der Waals surface area contributed by atoms with Crippen LogP contribution in [-0.2, 0) is 9.53 Å². The first kappa shape index (κ1) is 20.6. The highest BCUT2D eigenvalue weighted by Crippen LogP contribution is 2.33. The van der Waals surface area contributed by atoms with Gasteiger partial charge in [0.05, 0.1) is 22.4 Å². The van der Waals surface area contributed by atoms with Crippen LogP contribution in [0.4, 0.5) is 0 Å². The monoisotopic (exact) mass is 442 g/mol. The lowest BCUT2D eigenvalue weighted by Crippen LogP contribution is -2.39. The fourth-order valence-corrected chi connectivity index (χ4v) is 5.13. The average molecular weight is 443 g/mol. The minimum atomic E-state index is -0.554. The molecule has 8 heteroatoms. The van der Waals surface area contributed by atoms with Crippen molar-refractivity contribution in [2.24, 2.45) is 10.9 Å². The van der Waals surface area contributed by atoms with Crippen molar-refractivity contribution >= 4 is 34.7 Å². The summed E-state index contributed by atoms with van der Waals surface area (Å²) in [4.78, 5) is 32.3. The van der Waals surface area contributed by atoms with Gasteiger partial charge in [0, 0.05) is 11.0 Å². The Morgan fingerprint density at radius 3 is 2.77 bits per heavy atom. The summed E-state index contributed by atoms with van der Waals surface area (Å²) in [6.07, 6.45) is 1.72. The van der Waals surface area contributed by atoms with Crippen LogP contribution in [0.25, 0.3) is 6.08 Å². The Morgan fingerprint density at radius 2 is 2.13 bits per heavy atom. The summed E-state index contributed by atoms with van der Waals surface area (Å²) < 4.78 is 13.2. The molecule has 0 fully saturated rings. The van der Waals surface area contributed by atoms with E-state index in [9.17, 15) is 9.59 Å². The van der Waals surface area contributed by atoms with Crippen LogP contribution in [-0.4, -0.2) is 17.1 Å². The molecule has 0 saturated heterocycles. The standard InChI is InChI=1S/C22H22N2O4S2/c1-12(2)11-27-21(26)18-14(4)23-22-24(19(18)16-6-5-9-29-16)20(25)17(30-22)10-15-8-7-13(3)28-15/h5-10,12,19H,11H2,1-4H3/b17-10-/t19-/m1/s1. The van der Waals surface area contributed by atoms with Crippen LogP contribution >= 0.6 is 22.7 Å². The number of fused-ring (bicyclic) bond motifs is 1. The molecule has 0 radical (unpaired) electrons. The van der Waals surface area contributed by atoms with Crippen molar-refractivity contribution in [1.29, 1.82) is 0 Å². The van der Waals surface area contributed by atoms with E-state index in [2.05, 4.69) is 4.99 Å². The quantitative estimate of drug-likeness (QED) is 0.568. The van der Waals surface area contributed by atoms with Gasteiger partial charge in [-0.15, -0.1) is 11.3 Å². The summed E-state index contributed by atoms with van der Waals surface area (Å²) in [6, 6.07) is 6.96. The minimum Gasteiger partial charge on any atom is -0.462 e. The molecule has 30 heavy (non-hydrogen) atoms. The van der Waals surface area contributed by atoms with E-state index in [1.54, 1.807) is 17.6 Å². The Hall–Kier alpha value is -2.71. The third kappa shape index (κ3) is 3.85. The molecule has 0 spiro atoms. The first-order chi connectivity index (χ1) is 14.3. The van der Waals surface area contributed by atoms with Gasteiger partial charge in [-0.25, -0.2) is 9.79 Å². The number of rotatable bonds is 5. The molecular weight excluding hydrogens is 420 g/mol. The van der Waals surface area contributed by atoms with Gasteiger partial charge in [-0.05, 0) is 43.3 Å². The number of carbonyl (C=O) groups excluding carboxylic acids is 1. The number of hydrogen-bond acceptors (Lipinski definition) is 7. The number of nitrogens with zero attached hydrogens (tertiary/aromatic N) is 2. The number of furan rings is 1. The molecule has 0 bridgehead atoms. The van der Waals surface area contributed by atoms with Crippen molar-refractivity contribution in [3.63, 3.8) is 0 Å². The third-order valence-electron chi connectivity index (χ3n) is 4.64. The van der Waals surface area contributed by atoms with E-state index in [0.717, 1.165) is 10.6 Å². The van der Waals surface area contributed by atoms with Gasteiger partial charge >= 0.3 is 5.97 Å². The predicted molar refractivity (Wildman–Crippen MR) is 117 cm³/mol. The number of ether oxygens (including phenoxy) is 1. The van der Waals surface area contributed by atoms with E-state index < -0.39 is 12.0 Å². The summed E-state index contributed by atoms with van der Waals surface area (Å²) in [7, 11) is 0. The molecule has 1 atom stereocenters. The molecule has 6 nitrogen and oxygen atoms in total. The summed E-state index contributed by atoms with van der Waals surface area (Å²) in [5, 5.41) is 1.93. The van der Waals surface area contributed by atoms with Crippen molar-refractivity contribution in [3.05, 3.63) is 77.0 Å². The van der Waals surface area contributed by atoms with Crippen molar-refractivity contribution < 1.29 is 13.9 Å². The van der Waals surface area contributed by atoms with Gasteiger partial charge in [0.15, 0.2) is 4.80 Å². The number of allylic oxidation sites excluding steroid dienone is 1. The Labute approximate surface area is 181 Å². The molecule has 1 aliphatic rings. The van der Waals surface area contributed by atoms with Gasteiger partial charge < -0.3 is 9.15 Å². The second-order valence-corrected chi connectivity index (χ2v) is 9.53. The molecule has 4 rings (SSSR count). The highest BCUT2D eigenvalue weighted by molar-refractivity contribution is 7.10. The van der Waals surface area contributed by atoms with Gasteiger partial charge in [-0.3, -0.25) is 9.36 Å². The minimum absolute atomic E-state index is 0.201. The van der Waals surface area contributed by atoms with Gasteiger partial charge in [0.2, 0.25) is 0 Å². The van der Waals surface area contributed by atoms with Gasteiger partial charge in [0.25, 0.3) is 5.56 Å². The Morgan fingerprint density at radius 1 is 1.33 bits per heavy atom. The van der Waals surface area contributed by atoms with E-state index in [-0.39, 0.29) is 11.5 Å². The molecule has 3 aromatic rings. The predicted octanol–water partition coefficient (Wildman–Crippen LogP) is 3.40. The zero-order valence-electron chi connectivity index (χ0n) is 17.2. The summed E-state index contributed by atoms with van der Waals surface area (Å²) in [6.45, 7) is 7.93. The highest BCUT2D eigenvalue weighted by atomic mass is 32.1. The summed E-state index contributed by atoms with van der Waals surface area (Å²) >= 11 is 2.79. The molecule has 0 unspecified atom stereocenters. The van der Waals surface area contributed by atoms with Crippen LogP contribution in [0.15, 0.2) is 55.1 Å². The largest absolute Gasteiger partial charge is 0.462 e. The number of carbonyl (C=O) groups is 1. The van der Waals surface area contributed by atoms with Crippen molar-refractivity contribution in [1.82, 2.24) is 4.57 Å². The van der Waals surface area contributed by atoms with Crippen LogP contribution in [0.2, 0.25) is 0 Å². The fourth-order valence-electron chi connectivity index (χ4n) is 3.28. The number of thiazole rings is 1. The van der Waals surface area contributed by atoms with Crippen LogP contribution < -0.4 is 14.9 Å². The van der Waals surface area contributed by atoms with E-state index in [1.807, 2.05) is 50.4 Å². The molecule has 3 aromatic heterocycles. The van der Waals surface area contributed by atoms with Crippen LogP contribution in [0.1, 0.15) is 43.2 Å². The van der Waals surface area contributed by atoms with Gasteiger partial charge in [0.1, 0.15) is 17.6 Å². The maximum absolute atomic E-state index is 13.3. The van der Waals surface area contributed by atoms with Crippen molar-refractivity contribution in [2.75, 3.05) is 6.61 Å². The van der Waals surface area contributed by atoms with E-state index in [4.69, 9.17) is 9.15 Å². The molecule has 156 valence electrons. The fraction of sp³-hybridized carbons (Fsp3) is 0.318. The molecule has 0 aliphatic carbocycles. The number of hydrogen-bond donors (Lipinski definition) is 0. The maximum Gasteiger partial charge on any atom is 0.338 e. The molecule has 0 aromatic carbocycles. The van der Waals surface area contributed by atoms with Crippen LogP contribution in [0, 0.1) is 12.8 Å². The average Bonchev–Trinajstić information content (AvgIpc) is 3.41. The Kier molecular flexibility index (Phi) is 5.62. The third-order valence-corrected chi connectivity index (χ3v) is 6.54. The number of aryl methyl sites for hydroxylation is 1. The normalized spacial score (nSPS) is 16.7. The lowest BCUT2D eigenvalue weighted by atomic mass is 10.0. The Balaban J connectivity index is 1.87. The van der Waals surface area contributed by atoms with Gasteiger partial charge in [-0.1, -0.05) is 31.3 Å². The molecule has 4 heterocycles. The molecule has 1 aliphatic heterocycles. The SMILES string of the molecule is CC1=C(C(=O)OCC(C)C)[C@@H](c2cccs2)n2c(s/c(=C\c3ccc(C)o3)c2=O)=N1. The summed E-state index contributed by atoms with van der Waals surface area (Å²) in [5.41, 5.74) is 0.780. The lowest BCUT2D eigenvalue weighted by molar-refractivity contribution is -0.140. The molecular formula is C22H22N2O4S2. The lowest BCUT2D eigenvalue weighted by Gasteiger charge is -2.23.